The van der Waals surface area contributed by atoms with E-state index in [1.165, 1.54) is 17.1 Å². The number of piperazine rings is 1. The van der Waals surface area contributed by atoms with Gasteiger partial charge in [0.05, 0.1) is 4.90 Å². The predicted octanol–water partition coefficient (Wildman–Crippen LogP) is 1.33. The Bertz CT molecular complexity index is 762. The summed E-state index contributed by atoms with van der Waals surface area (Å²) in [5.41, 5.74) is 0. The Morgan fingerprint density at radius 2 is 1.67 bits per heavy atom. The lowest BCUT2D eigenvalue weighted by molar-refractivity contribution is 0.155. The number of amides is 2. The van der Waals surface area contributed by atoms with Crippen LogP contribution >= 0.6 is 0 Å². The van der Waals surface area contributed by atoms with E-state index in [1.807, 2.05) is 0 Å². The highest BCUT2D eigenvalue weighted by molar-refractivity contribution is 7.89. The average Bonchev–Trinajstić information content (AvgIpc) is 3.12. The molecule has 1 aromatic carbocycles. The molecule has 3 fully saturated rings. The third kappa shape index (κ3) is 3.83. The summed E-state index contributed by atoms with van der Waals surface area (Å²) in [6.45, 7) is 3.75. The van der Waals surface area contributed by atoms with Gasteiger partial charge in [0.1, 0.15) is 0 Å². The number of nitrogens with one attached hydrogen (secondary N) is 1. The predicted molar refractivity (Wildman–Crippen MR) is 103 cm³/mol. The molecule has 27 heavy (non-hydrogen) atoms. The molecule has 148 valence electrons. The van der Waals surface area contributed by atoms with Gasteiger partial charge in [0.15, 0.2) is 0 Å². The Hall–Kier alpha value is -1.64. The van der Waals surface area contributed by atoms with Gasteiger partial charge < -0.3 is 10.2 Å². The highest BCUT2D eigenvalue weighted by Crippen LogP contribution is 2.27. The van der Waals surface area contributed by atoms with Crippen LogP contribution in [-0.4, -0.2) is 79.9 Å². The zero-order valence-corrected chi connectivity index (χ0v) is 16.4. The van der Waals surface area contributed by atoms with Crippen molar-refractivity contribution < 1.29 is 13.2 Å². The number of hydrogen-bond donors (Lipinski definition) is 1. The Balaban J connectivity index is 1.32. The Kier molecular flexibility index (Phi) is 5.39. The van der Waals surface area contributed by atoms with E-state index in [0.29, 0.717) is 37.1 Å². The molecule has 7 nitrogen and oxygen atoms in total. The molecule has 2 unspecified atom stereocenters. The van der Waals surface area contributed by atoms with Gasteiger partial charge in [-0.15, -0.1) is 0 Å². The first-order valence-electron chi connectivity index (χ1n) is 9.90. The summed E-state index contributed by atoms with van der Waals surface area (Å²) in [7, 11) is -3.48. The van der Waals surface area contributed by atoms with Gasteiger partial charge in [-0.25, -0.2) is 13.2 Å². The molecule has 2 amide bonds. The molecular formula is C19H28N4O3S. The molecule has 0 saturated carbocycles. The molecule has 0 aromatic heterocycles. The summed E-state index contributed by atoms with van der Waals surface area (Å²) in [6.07, 6.45) is 4.67. The van der Waals surface area contributed by atoms with Crippen LogP contribution in [-0.2, 0) is 10.0 Å². The molecule has 1 N–H and O–H groups in total. The van der Waals surface area contributed by atoms with Crippen LogP contribution in [0.15, 0.2) is 35.2 Å². The van der Waals surface area contributed by atoms with Gasteiger partial charge >= 0.3 is 6.03 Å². The third-order valence-electron chi connectivity index (χ3n) is 6.07. The minimum absolute atomic E-state index is 0.0517. The van der Waals surface area contributed by atoms with Gasteiger partial charge in [-0.2, -0.15) is 4.31 Å². The fraction of sp³-hybridized carbons (Fsp3) is 0.632. The molecule has 3 aliphatic rings. The van der Waals surface area contributed by atoms with Crippen molar-refractivity contribution in [2.45, 2.75) is 42.7 Å². The van der Waals surface area contributed by atoms with Gasteiger partial charge in [0.2, 0.25) is 10.0 Å². The van der Waals surface area contributed by atoms with E-state index in [4.69, 9.17) is 0 Å². The van der Waals surface area contributed by atoms with Gasteiger partial charge in [-0.1, -0.05) is 24.6 Å². The van der Waals surface area contributed by atoms with Gasteiger partial charge in [-0.05, 0) is 37.9 Å². The Morgan fingerprint density at radius 3 is 2.41 bits per heavy atom. The number of hydrogen-bond acceptors (Lipinski definition) is 4. The number of urea groups is 1. The van der Waals surface area contributed by atoms with Crippen LogP contribution in [0.2, 0.25) is 0 Å². The monoisotopic (exact) mass is 392 g/mol. The van der Waals surface area contributed by atoms with Crippen LogP contribution in [0.4, 0.5) is 4.79 Å². The fourth-order valence-corrected chi connectivity index (χ4v) is 5.98. The zero-order chi connectivity index (χ0) is 18.9. The zero-order valence-electron chi connectivity index (χ0n) is 15.6. The van der Waals surface area contributed by atoms with E-state index >= 15 is 0 Å². The maximum atomic E-state index is 12.7. The van der Waals surface area contributed by atoms with Crippen LogP contribution in [0.5, 0.6) is 0 Å². The molecule has 8 heteroatoms. The lowest BCUT2D eigenvalue weighted by Gasteiger charge is -2.36. The molecule has 3 aliphatic heterocycles. The van der Waals surface area contributed by atoms with E-state index in [9.17, 15) is 13.2 Å². The maximum Gasteiger partial charge on any atom is 0.317 e. The summed E-state index contributed by atoms with van der Waals surface area (Å²) in [6, 6.07) is 9.14. The first kappa shape index (κ1) is 18.7. The topological polar surface area (TPSA) is 73.0 Å². The normalized spacial score (nSPS) is 27.3. The van der Waals surface area contributed by atoms with Crippen molar-refractivity contribution in [3.63, 3.8) is 0 Å². The molecular weight excluding hydrogens is 364 g/mol. The number of rotatable bonds is 3. The lowest BCUT2D eigenvalue weighted by atomic mass is 9.99. The highest BCUT2D eigenvalue weighted by Gasteiger charge is 2.37. The van der Waals surface area contributed by atoms with Crippen molar-refractivity contribution in [2.75, 3.05) is 39.3 Å². The number of sulfonamides is 1. The highest BCUT2D eigenvalue weighted by atomic mass is 32.2. The Morgan fingerprint density at radius 1 is 0.926 bits per heavy atom. The van der Waals surface area contributed by atoms with Crippen LogP contribution < -0.4 is 5.32 Å². The fourth-order valence-electron chi connectivity index (χ4n) is 4.54. The first-order chi connectivity index (χ1) is 13.1. The van der Waals surface area contributed by atoms with Crippen molar-refractivity contribution in [2.24, 2.45) is 0 Å². The molecule has 4 rings (SSSR count). The second-order valence-corrected chi connectivity index (χ2v) is 9.59. The standard InChI is InChI=1S/C19H28N4O3S/c24-19(20-17-9-11-21-10-5-4-8-18(17)21)22-12-14-23(15-13-22)27(25,26)16-6-2-1-3-7-16/h1-3,6-7,17-18H,4-5,8-15H2,(H,20,24). The molecule has 0 aliphatic carbocycles. The summed E-state index contributed by atoms with van der Waals surface area (Å²) >= 11 is 0. The molecule has 0 bridgehead atoms. The number of nitrogens with zero attached hydrogens (tertiary/aromatic N) is 3. The van der Waals surface area contributed by atoms with E-state index in [-0.39, 0.29) is 12.1 Å². The van der Waals surface area contributed by atoms with Crippen LogP contribution in [0.25, 0.3) is 0 Å². The molecule has 3 heterocycles. The summed E-state index contributed by atoms with van der Waals surface area (Å²) in [5, 5.41) is 3.21. The Labute approximate surface area is 161 Å². The number of benzene rings is 1. The maximum absolute atomic E-state index is 12.7. The van der Waals surface area contributed by atoms with Crippen molar-refractivity contribution >= 4 is 16.1 Å². The largest absolute Gasteiger partial charge is 0.334 e. The van der Waals surface area contributed by atoms with Crippen molar-refractivity contribution in [1.82, 2.24) is 19.4 Å². The van der Waals surface area contributed by atoms with Gasteiger partial charge in [0, 0.05) is 44.8 Å². The average molecular weight is 393 g/mol. The van der Waals surface area contributed by atoms with Gasteiger partial charge in [0.25, 0.3) is 0 Å². The van der Waals surface area contributed by atoms with Crippen molar-refractivity contribution in [3.05, 3.63) is 30.3 Å². The van der Waals surface area contributed by atoms with Crippen molar-refractivity contribution in [3.8, 4) is 0 Å². The number of piperidine rings is 1. The second kappa shape index (κ2) is 7.77. The summed E-state index contributed by atoms with van der Waals surface area (Å²) < 4.78 is 26.9. The second-order valence-electron chi connectivity index (χ2n) is 7.65. The van der Waals surface area contributed by atoms with E-state index in [1.54, 1.807) is 35.2 Å². The minimum atomic E-state index is -3.48. The van der Waals surface area contributed by atoms with Crippen LogP contribution in [0.1, 0.15) is 25.7 Å². The lowest BCUT2D eigenvalue weighted by Crippen LogP contribution is -2.56. The SMILES string of the molecule is O=C(NC1CCN2CCCCC12)N1CCN(S(=O)(=O)c2ccccc2)CC1. The van der Waals surface area contributed by atoms with E-state index < -0.39 is 10.0 Å². The van der Waals surface area contributed by atoms with Crippen LogP contribution in [0, 0.1) is 0 Å². The number of carbonyl (C=O) groups is 1. The first-order valence-corrected chi connectivity index (χ1v) is 11.3. The minimum Gasteiger partial charge on any atom is -0.334 e. The molecule has 1 aromatic rings. The quantitative estimate of drug-likeness (QED) is 0.842. The molecule has 3 saturated heterocycles. The van der Waals surface area contributed by atoms with E-state index in [2.05, 4.69) is 10.2 Å². The number of carbonyl (C=O) groups excluding carboxylic acids is 1. The molecule has 2 atom stereocenters. The van der Waals surface area contributed by atoms with Gasteiger partial charge in [-0.3, -0.25) is 4.90 Å². The van der Waals surface area contributed by atoms with Crippen molar-refractivity contribution in [1.29, 1.82) is 0 Å². The van der Waals surface area contributed by atoms with Crippen LogP contribution in [0.3, 0.4) is 0 Å². The summed E-state index contributed by atoms with van der Waals surface area (Å²) in [4.78, 5) is 17.2. The smallest absolute Gasteiger partial charge is 0.317 e. The summed E-state index contributed by atoms with van der Waals surface area (Å²) in [5.74, 6) is 0. The number of fused-ring (bicyclic) bond motifs is 1. The molecule has 0 radical (unpaired) electrons. The molecule has 0 spiro atoms. The van der Waals surface area contributed by atoms with E-state index in [0.717, 1.165) is 25.9 Å². The third-order valence-corrected chi connectivity index (χ3v) is 7.98.